The Morgan fingerprint density at radius 1 is 1.05 bits per heavy atom. The molecule has 1 aromatic carbocycles. The third kappa shape index (κ3) is 3.24. The first kappa shape index (κ1) is 12.9. The van der Waals surface area contributed by atoms with E-state index in [9.17, 15) is 0 Å². The highest BCUT2D eigenvalue weighted by Gasteiger charge is 2.03. The van der Waals surface area contributed by atoms with Crippen LogP contribution < -0.4 is 4.74 Å². The predicted molar refractivity (Wildman–Crippen MR) is 79.8 cm³/mol. The molecule has 0 saturated heterocycles. The molecule has 4 nitrogen and oxygen atoms in total. The Labute approximate surface area is 125 Å². The highest BCUT2D eigenvalue weighted by atomic mass is 79.9. The molecule has 0 aliphatic rings. The Balaban J connectivity index is 1.69. The summed E-state index contributed by atoms with van der Waals surface area (Å²) in [5, 5.41) is 4.28. The summed E-state index contributed by atoms with van der Waals surface area (Å²) in [6, 6.07) is 13.9. The number of benzene rings is 1. The van der Waals surface area contributed by atoms with Gasteiger partial charge in [0.25, 0.3) is 0 Å². The number of pyridine rings is 1. The van der Waals surface area contributed by atoms with Crippen LogP contribution in [0.1, 0.15) is 5.56 Å². The van der Waals surface area contributed by atoms with Gasteiger partial charge in [-0.2, -0.15) is 5.10 Å². The van der Waals surface area contributed by atoms with Crippen molar-refractivity contribution in [2.75, 3.05) is 0 Å². The fraction of sp³-hybridized carbons (Fsp3) is 0.0667. The maximum atomic E-state index is 5.64. The zero-order valence-corrected chi connectivity index (χ0v) is 12.2. The van der Waals surface area contributed by atoms with Gasteiger partial charge in [-0.25, -0.2) is 4.98 Å². The third-order valence-corrected chi connectivity index (χ3v) is 3.19. The van der Waals surface area contributed by atoms with Gasteiger partial charge in [0, 0.05) is 16.7 Å². The second kappa shape index (κ2) is 5.88. The normalized spacial score (nSPS) is 10.4. The van der Waals surface area contributed by atoms with Gasteiger partial charge >= 0.3 is 0 Å². The maximum Gasteiger partial charge on any atom is 0.219 e. The van der Waals surface area contributed by atoms with Crippen LogP contribution in [-0.4, -0.2) is 14.8 Å². The van der Waals surface area contributed by atoms with E-state index in [0.29, 0.717) is 11.6 Å². The first-order valence-electron chi connectivity index (χ1n) is 6.15. The lowest BCUT2D eigenvalue weighted by molar-refractivity contribution is 0.462. The van der Waals surface area contributed by atoms with Crippen molar-refractivity contribution in [2.24, 2.45) is 0 Å². The number of nitrogens with zero attached hydrogens (tertiary/aromatic N) is 3. The highest BCUT2D eigenvalue weighted by Crippen LogP contribution is 2.20. The van der Waals surface area contributed by atoms with Crippen molar-refractivity contribution < 1.29 is 4.74 Å². The summed E-state index contributed by atoms with van der Waals surface area (Å²) in [6.07, 6.45) is 5.24. The minimum Gasteiger partial charge on any atom is -0.436 e. The molecule has 0 spiro atoms. The number of hydrogen-bond donors (Lipinski definition) is 0. The largest absolute Gasteiger partial charge is 0.436 e. The topological polar surface area (TPSA) is 39.9 Å². The van der Waals surface area contributed by atoms with Crippen LogP contribution >= 0.6 is 15.9 Å². The van der Waals surface area contributed by atoms with Crippen molar-refractivity contribution in [2.45, 2.75) is 6.54 Å². The molecule has 0 saturated carbocycles. The van der Waals surface area contributed by atoms with Gasteiger partial charge in [0.1, 0.15) is 0 Å². The molecular weight excluding hydrogens is 318 g/mol. The Morgan fingerprint density at radius 3 is 2.65 bits per heavy atom. The quantitative estimate of drug-likeness (QED) is 0.729. The van der Waals surface area contributed by atoms with Gasteiger partial charge in [-0.1, -0.05) is 30.3 Å². The monoisotopic (exact) mass is 329 g/mol. The smallest absolute Gasteiger partial charge is 0.219 e. The van der Waals surface area contributed by atoms with E-state index in [-0.39, 0.29) is 0 Å². The van der Waals surface area contributed by atoms with E-state index >= 15 is 0 Å². The molecule has 0 bridgehead atoms. The SMILES string of the molecule is Brc1ccc(Oc2cnn(Cc3ccccc3)c2)nc1. The van der Waals surface area contributed by atoms with Crippen LogP contribution in [-0.2, 0) is 6.54 Å². The van der Waals surface area contributed by atoms with E-state index < -0.39 is 0 Å². The number of ether oxygens (including phenoxy) is 1. The fourth-order valence-corrected chi connectivity index (χ4v) is 2.03. The van der Waals surface area contributed by atoms with Crippen LogP contribution in [0.5, 0.6) is 11.6 Å². The van der Waals surface area contributed by atoms with Gasteiger partial charge in [0.2, 0.25) is 5.88 Å². The van der Waals surface area contributed by atoms with Gasteiger partial charge in [-0.15, -0.1) is 0 Å². The van der Waals surface area contributed by atoms with Crippen molar-refractivity contribution in [1.82, 2.24) is 14.8 Å². The fourth-order valence-electron chi connectivity index (χ4n) is 1.80. The van der Waals surface area contributed by atoms with E-state index in [1.54, 1.807) is 18.5 Å². The maximum absolute atomic E-state index is 5.64. The number of halogens is 1. The summed E-state index contributed by atoms with van der Waals surface area (Å²) < 4.78 is 8.39. The number of rotatable bonds is 4. The molecule has 3 rings (SSSR count). The Morgan fingerprint density at radius 2 is 1.90 bits per heavy atom. The lowest BCUT2D eigenvalue weighted by Gasteiger charge is -2.02. The van der Waals surface area contributed by atoms with Crippen molar-refractivity contribution in [3.63, 3.8) is 0 Å². The minimum absolute atomic E-state index is 0.549. The van der Waals surface area contributed by atoms with Gasteiger partial charge in [-0.3, -0.25) is 4.68 Å². The second-order valence-corrected chi connectivity index (χ2v) is 5.19. The summed E-state index contributed by atoms with van der Waals surface area (Å²) in [5.41, 5.74) is 1.20. The highest BCUT2D eigenvalue weighted by molar-refractivity contribution is 9.10. The number of hydrogen-bond acceptors (Lipinski definition) is 3. The molecule has 0 amide bonds. The Hall–Kier alpha value is -2.14. The Bertz CT molecular complexity index is 680. The molecule has 0 aliphatic carbocycles. The first-order valence-corrected chi connectivity index (χ1v) is 6.95. The van der Waals surface area contributed by atoms with Crippen LogP contribution in [0.25, 0.3) is 0 Å². The Kier molecular flexibility index (Phi) is 3.78. The molecule has 0 atom stereocenters. The average molecular weight is 330 g/mol. The average Bonchev–Trinajstić information content (AvgIpc) is 2.90. The molecule has 2 heterocycles. The number of aromatic nitrogens is 3. The van der Waals surface area contributed by atoms with Crippen LogP contribution in [0, 0.1) is 0 Å². The van der Waals surface area contributed by atoms with Crippen LogP contribution in [0.3, 0.4) is 0 Å². The van der Waals surface area contributed by atoms with Gasteiger partial charge in [-0.05, 0) is 27.6 Å². The first-order chi connectivity index (χ1) is 9.79. The molecule has 5 heteroatoms. The summed E-state index contributed by atoms with van der Waals surface area (Å²) in [7, 11) is 0. The van der Waals surface area contributed by atoms with Crippen molar-refractivity contribution in [1.29, 1.82) is 0 Å². The van der Waals surface area contributed by atoms with Crippen molar-refractivity contribution >= 4 is 15.9 Å². The summed E-state index contributed by atoms with van der Waals surface area (Å²) >= 11 is 3.34. The molecule has 0 unspecified atom stereocenters. The van der Waals surface area contributed by atoms with E-state index in [1.807, 2.05) is 35.1 Å². The third-order valence-electron chi connectivity index (χ3n) is 2.72. The zero-order chi connectivity index (χ0) is 13.8. The molecular formula is C15H12BrN3O. The molecule has 0 N–H and O–H groups in total. The molecule has 100 valence electrons. The van der Waals surface area contributed by atoms with Crippen molar-refractivity contribution in [3.05, 3.63) is 71.1 Å². The van der Waals surface area contributed by atoms with Gasteiger partial charge in [0.05, 0.1) is 18.9 Å². The molecule has 20 heavy (non-hydrogen) atoms. The summed E-state index contributed by atoms with van der Waals surface area (Å²) in [6.45, 7) is 0.720. The van der Waals surface area contributed by atoms with Gasteiger partial charge in [0.15, 0.2) is 5.75 Å². The summed E-state index contributed by atoms with van der Waals surface area (Å²) in [4.78, 5) is 4.16. The lowest BCUT2D eigenvalue weighted by atomic mass is 10.2. The van der Waals surface area contributed by atoms with Gasteiger partial charge < -0.3 is 4.74 Å². The van der Waals surface area contributed by atoms with Crippen LogP contribution in [0.15, 0.2) is 65.5 Å². The second-order valence-electron chi connectivity index (χ2n) is 4.28. The molecule has 3 aromatic rings. The van der Waals surface area contributed by atoms with E-state index in [4.69, 9.17) is 4.74 Å². The van der Waals surface area contributed by atoms with E-state index in [1.165, 1.54) is 5.56 Å². The van der Waals surface area contributed by atoms with E-state index in [0.717, 1.165) is 11.0 Å². The molecule has 0 aliphatic heterocycles. The van der Waals surface area contributed by atoms with Crippen LogP contribution in [0.4, 0.5) is 0 Å². The molecule has 2 aromatic heterocycles. The standard InChI is InChI=1S/C15H12BrN3O/c16-13-6-7-15(17-8-13)20-14-9-18-19(11-14)10-12-4-2-1-3-5-12/h1-9,11H,10H2. The minimum atomic E-state index is 0.549. The van der Waals surface area contributed by atoms with Crippen LogP contribution in [0.2, 0.25) is 0 Å². The summed E-state index contributed by atoms with van der Waals surface area (Å²) in [5.74, 6) is 1.23. The molecule has 0 fully saturated rings. The lowest BCUT2D eigenvalue weighted by Crippen LogP contribution is -1.99. The zero-order valence-electron chi connectivity index (χ0n) is 10.6. The van der Waals surface area contributed by atoms with E-state index in [2.05, 4.69) is 38.1 Å². The molecule has 0 radical (unpaired) electrons. The van der Waals surface area contributed by atoms with Crippen molar-refractivity contribution in [3.8, 4) is 11.6 Å². The predicted octanol–water partition coefficient (Wildman–Crippen LogP) is 3.88.